The van der Waals surface area contributed by atoms with Crippen molar-refractivity contribution in [3.63, 3.8) is 0 Å². The fourth-order valence-electron chi connectivity index (χ4n) is 3.20. The van der Waals surface area contributed by atoms with Gasteiger partial charge in [-0.1, -0.05) is 18.7 Å². The van der Waals surface area contributed by atoms with Crippen LogP contribution in [0.3, 0.4) is 0 Å². The SMILES string of the molecule is CCCSc1nc(N2CCOCC2)c2cnn(CCNC(=O)CCC(=O)OCC)c2n1. The highest BCUT2D eigenvalue weighted by Gasteiger charge is 2.20. The van der Waals surface area contributed by atoms with Gasteiger partial charge in [0.1, 0.15) is 5.82 Å². The Balaban J connectivity index is 1.67. The highest BCUT2D eigenvalue weighted by atomic mass is 32.2. The lowest BCUT2D eigenvalue weighted by atomic mass is 10.3. The summed E-state index contributed by atoms with van der Waals surface area (Å²) >= 11 is 1.63. The Morgan fingerprint density at radius 3 is 2.77 bits per heavy atom. The molecule has 0 radical (unpaired) electrons. The third-order valence-electron chi connectivity index (χ3n) is 4.71. The number of morpholine rings is 1. The molecule has 31 heavy (non-hydrogen) atoms. The Kier molecular flexibility index (Phi) is 8.89. The number of thioether (sulfide) groups is 1. The molecule has 3 rings (SSSR count). The minimum absolute atomic E-state index is 0.0819. The van der Waals surface area contributed by atoms with E-state index in [2.05, 4.69) is 22.2 Å². The first-order chi connectivity index (χ1) is 15.1. The fraction of sp³-hybridized carbons (Fsp3) is 0.650. The molecule has 3 heterocycles. The van der Waals surface area contributed by atoms with Crippen molar-refractivity contribution in [3.8, 4) is 0 Å². The van der Waals surface area contributed by atoms with Crippen LogP contribution in [-0.4, -0.2) is 76.8 Å². The molecule has 0 bridgehead atoms. The number of hydrogen-bond donors (Lipinski definition) is 1. The van der Waals surface area contributed by atoms with Crippen LogP contribution in [0.1, 0.15) is 33.1 Å². The number of nitrogens with one attached hydrogen (secondary N) is 1. The molecule has 1 fully saturated rings. The molecule has 1 aliphatic rings. The van der Waals surface area contributed by atoms with Gasteiger partial charge in [0, 0.05) is 31.8 Å². The number of fused-ring (bicyclic) bond motifs is 1. The summed E-state index contributed by atoms with van der Waals surface area (Å²) in [5, 5.41) is 8.95. The number of esters is 1. The van der Waals surface area contributed by atoms with Crippen molar-refractivity contribution in [1.82, 2.24) is 25.1 Å². The zero-order chi connectivity index (χ0) is 22.1. The van der Waals surface area contributed by atoms with E-state index in [9.17, 15) is 9.59 Å². The molecule has 1 aliphatic heterocycles. The van der Waals surface area contributed by atoms with Crippen molar-refractivity contribution in [1.29, 1.82) is 0 Å². The zero-order valence-corrected chi connectivity index (χ0v) is 18.9. The Bertz CT molecular complexity index is 884. The van der Waals surface area contributed by atoms with Crippen molar-refractivity contribution in [2.45, 2.75) is 44.8 Å². The van der Waals surface area contributed by atoms with Crippen molar-refractivity contribution in [3.05, 3.63) is 6.20 Å². The average Bonchev–Trinajstić information content (AvgIpc) is 3.19. The number of amides is 1. The van der Waals surface area contributed by atoms with Gasteiger partial charge in [0.2, 0.25) is 5.91 Å². The summed E-state index contributed by atoms with van der Waals surface area (Å²) in [6.45, 7) is 7.98. The van der Waals surface area contributed by atoms with Gasteiger partial charge in [0.25, 0.3) is 0 Å². The average molecular weight is 451 g/mol. The fourth-order valence-corrected chi connectivity index (χ4v) is 3.89. The molecular weight excluding hydrogens is 420 g/mol. The van der Waals surface area contributed by atoms with Gasteiger partial charge in [-0.2, -0.15) is 5.10 Å². The molecule has 0 aliphatic carbocycles. The lowest BCUT2D eigenvalue weighted by Crippen LogP contribution is -2.37. The summed E-state index contributed by atoms with van der Waals surface area (Å²) in [6.07, 6.45) is 3.02. The number of rotatable bonds is 11. The van der Waals surface area contributed by atoms with Gasteiger partial charge < -0.3 is 19.7 Å². The molecule has 0 atom stereocenters. The molecule has 2 aromatic rings. The van der Waals surface area contributed by atoms with Crippen LogP contribution < -0.4 is 10.2 Å². The maximum absolute atomic E-state index is 12.0. The minimum atomic E-state index is -0.361. The smallest absolute Gasteiger partial charge is 0.306 e. The molecule has 0 aromatic carbocycles. The molecule has 0 saturated carbocycles. The van der Waals surface area contributed by atoms with E-state index in [1.165, 1.54) is 0 Å². The van der Waals surface area contributed by atoms with E-state index in [0.717, 1.165) is 47.3 Å². The van der Waals surface area contributed by atoms with Crippen LogP contribution in [0, 0.1) is 0 Å². The molecule has 0 unspecified atom stereocenters. The Labute approximate surface area is 186 Å². The van der Waals surface area contributed by atoms with E-state index < -0.39 is 0 Å². The molecule has 1 amide bonds. The van der Waals surface area contributed by atoms with Gasteiger partial charge in [-0.15, -0.1) is 0 Å². The Morgan fingerprint density at radius 1 is 1.23 bits per heavy atom. The number of ether oxygens (including phenoxy) is 2. The maximum Gasteiger partial charge on any atom is 0.306 e. The Hall–Kier alpha value is -2.40. The summed E-state index contributed by atoms with van der Waals surface area (Å²) in [6, 6.07) is 0. The van der Waals surface area contributed by atoms with Crippen LogP contribution in [0.2, 0.25) is 0 Å². The number of aromatic nitrogens is 4. The molecule has 2 aromatic heterocycles. The van der Waals surface area contributed by atoms with Crippen molar-refractivity contribution < 1.29 is 19.1 Å². The van der Waals surface area contributed by atoms with E-state index in [4.69, 9.17) is 19.4 Å². The first kappa shape index (κ1) is 23.3. The van der Waals surface area contributed by atoms with Crippen LogP contribution in [-0.2, 0) is 25.6 Å². The molecular formula is C20H30N6O4S. The topological polar surface area (TPSA) is 111 Å². The first-order valence-electron chi connectivity index (χ1n) is 10.7. The highest BCUT2D eigenvalue weighted by Crippen LogP contribution is 2.28. The van der Waals surface area contributed by atoms with Crippen LogP contribution >= 0.6 is 11.8 Å². The standard InChI is InChI=1S/C20H30N6O4S/c1-3-13-31-20-23-18(25-9-11-29-12-10-25)15-14-22-26(19(15)24-20)8-7-21-16(27)5-6-17(28)30-4-2/h14H,3-13H2,1-2H3,(H,21,27). The predicted octanol–water partition coefficient (Wildman–Crippen LogP) is 1.62. The second-order valence-electron chi connectivity index (χ2n) is 7.04. The molecule has 170 valence electrons. The van der Waals surface area contributed by atoms with E-state index in [-0.39, 0.29) is 24.7 Å². The van der Waals surface area contributed by atoms with Gasteiger partial charge in [0.15, 0.2) is 10.8 Å². The van der Waals surface area contributed by atoms with Crippen molar-refractivity contribution >= 4 is 40.5 Å². The summed E-state index contributed by atoms with van der Waals surface area (Å²) in [4.78, 5) is 35.1. The second-order valence-corrected chi connectivity index (χ2v) is 8.10. The lowest BCUT2D eigenvalue weighted by Gasteiger charge is -2.28. The number of hydrogen-bond acceptors (Lipinski definition) is 9. The third kappa shape index (κ3) is 6.54. The second kappa shape index (κ2) is 11.8. The summed E-state index contributed by atoms with van der Waals surface area (Å²) in [5.41, 5.74) is 0.760. The van der Waals surface area contributed by atoms with E-state index in [1.54, 1.807) is 29.6 Å². The molecule has 11 heteroatoms. The van der Waals surface area contributed by atoms with Crippen LogP contribution in [0.4, 0.5) is 5.82 Å². The minimum Gasteiger partial charge on any atom is -0.466 e. The maximum atomic E-state index is 12.0. The van der Waals surface area contributed by atoms with Crippen LogP contribution in [0.25, 0.3) is 11.0 Å². The normalized spacial score (nSPS) is 14.1. The quantitative estimate of drug-likeness (QED) is 0.310. The van der Waals surface area contributed by atoms with Crippen LogP contribution in [0.5, 0.6) is 0 Å². The summed E-state index contributed by atoms with van der Waals surface area (Å²) in [7, 11) is 0. The van der Waals surface area contributed by atoms with Crippen molar-refractivity contribution in [2.75, 3.05) is 50.1 Å². The molecule has 1 N–H and O–H groups in total. The van der Waals surface area contributed by atoms with Gasteiger partial charge in [-0.3, -0.25) is 9.59 Å². The van der Waals surface area contributed by atoms with Gasteiger partial charge in [-0.05, 0) is 13.3 Å². The first-order valence-corrected chi connectivity index (χ1v) is 11.7. The van der Waals surface area contributed by atoms with Crippen LogP contribution in [0.15, 0.2) is 11.4 Å². The summed E-state index contributed by atoms with van der Waals surface area (Å²) < 4.78 is 12.1. The number of nitrogens with zero attached hydrogens (tertiary/aromatic N) is 5. The van der Waals surface area contributed by atoms with Gasteiger partial charge in [0.05, 0.1) is 44.4 Å². The summed E-state index contributed by atoms with van der Waals surface area (Å²) in [5.74, 6) is 1.28. The lowest BCUT2D eigenvalue weighted by molar-refractivity contribution is -0.144. The molecule has 0 spiro atoms. The molecule has 10 nitrogen and oxygen atoms in total. The number of anilines is 1. The number of carbonyl (C=O) groups is 2. The van der Waals surface area contributed by atoms with Gasteiger partial charge in [-0.25, -0.2) is 14.6 Å². The Morgan fingerprint density at radius 2 is 2.03 bits per heavy atom. The zero-order valence-electron chi connectivity index (χ0n) is 18.1. The van der Waals surface area contributed by atoms with E-state index in [0.29, 0.717) is 32.9 Å². The highest BCUT2D eigenvalue weighted by molar-refractivity contribution is 7.99. The predicted molar refractivity (Wildman–Crippen MR) is 118 cm³/mol. The largest absolute Gasteiger partial charge is 0.466 e. The number of carbonyl (C=O) groups excluding carboxylic acids is 2. The third-order valence-corrected chi connectivity index (χ3v) is 5.76. The molecule has 1 saturated heterocycles. The van der Waals surface area contributed by atoms with E-state index in [1.807, 2.05) is 0 Å². The van der Waals surface area contributed by atoms with Gasteiger partial charge >= 0.3 is 5.97 Å². The monoisotopic (exact) mass is 450 g/mol. The van der Waals surface area contributed by atoms with Crippen molar-refractivity contribution in [2.24, 2.45) is 0 Å². The van der Waals surface area contributed by atoms with E-state index >= 15 is 0 Å².